The van der Waals surface area contributed by atoms with E-state index in [0.29, 0.717) is 10.9 Å². The highest BCUT2D eigenvalue weighted by Gasteiger charge is 2.12. The molecule has 1 heterocycles. The monoisotopic (exact) mass is 283 g/mol. The molecule has 3 nitrogen and oxygen atoms in total. The number of hydrogen-bond donors (Lipinski definition) is 0. The van der Waals surface area contributed by atoms with Gasteiger partial charge in [0.15, 0.2) is 5.82 Å². The van der Waals surface area contributed by atoms with E-state index in [9.17, 15) is 0 Å². The highest BCUT2D eigenvalue weighted by Crippen LogP contribution is 2.22. The number of halogens is 2. The molecule has 96 valence electrons. The minimum atomic E-state index is 0.428. The highest BCUT2D eigenvalue weighted by molar-refractivity contribution is 6.30. The third-order valence-corrected chi connectivity index (χ3v) is 3.29. The summed E-state index contributed by atoms with van der Waals surface area (Å²) in [6, 6.07) is 5.65. The second-order valence-corrected chi connectivity index (χ2v) is 4.67. The molecule has 0 amide bonds. The van der Waals surface area contributed by atoms with E-state index in [4.69, 9.17) is 23.2 Å². The van der Waals surface area contributed by atoms with E-state index in [-0.39, 0.29) is 0 Å². The number of hydrogen-bond acceptors (Lipinski definition) is 2. The van der Waals surface area contributed by atoms with Gasteiger partial charge in [-0.15, -0.1) is 11.6 Å². The second-order valence-electron chi connectivity index (χ2n) is 3.97. The summed E-state index contributed by atoms with van der Waals surface area (Å²) in [5.74, 6) is 2.20. The molecule has 0 atom stereocenters. The SMILES string of the molecule is CCc1nc(CC)n(-c2cc(Cl)ccc2CCl)n1. The Morgan fingerprint density at radius 2 is 2.00 bits per heavy atom. The summed E-state index contributed by atoms with van der Waals surface area (Å²) in [5.41, 5.74) is 1.92. The molecule has 2 rings (SSSR count). The minimum Gasteiger partial charge on any atom is -0.217 e. The third kappa shape index (κ3) is 2.52. The third-order valence-electron chi connectivity index (χ3n) is 2.77. The summed E-state index contributed by atoms with van der Waals surface area (Å²) >= 11 is 12.0. The van der Waals surface area contributed by atoms with Crippen LogP contribution >= 0.6 is 23.2 Å². The van der Waals surface area contributed by atoms with Crippen LogP contribution < -0.4 is 0 Å². The molecule has 0 aliphatic heterocycles. The topological polar surface area (TPSA) is 30.7 Å². The van der Waals surface area contributed by atoms with Crippen molar-refractivity contribution >= 4 is 23.2 Å². The lowest BCUT2D eigenvalue weighted by Gasteiger charge is -2.09. The van der Waals surface area contributed by atoms with Crippen LogP contribution in [0.5, 0.6) is 0 Å². The zero-order chi connectivity index (χ0) is 13.1. The van der Waals surface area contributed by atoms with Crippen LogP contribution in [-0.4, -0.2) is 14.8 Å². The molecule has 0 saturated carbocycles. The zero-order valence-electron chi connectivity index (χ0n) is 10.5. The quantitative estimate of drug-likeness (QED) is 0.800. The molecule has 1 aromatic carbocycles. The molecular formula is C13H15Cl2N3. The minimum absolute atomic E-state index is 0.428. The Morgan fingerprint density at radius 1 is 1.22 bits per heavy atom. The first kappa shape index (κ1) is 13.4. The van der Waals surface area contributed by atoms with Gasteiger partial charge < -0.3 is 0 Å². The molecule has 2 aromatic rings. The fraction of sp³-hybridized carbons (Fsp3) is 0.385. The Hall–Kier alpha value is -1.06. The van der Waals surface area contributed by atoms with Gasteiger partial charge in [0, 0.05) is 23.7 Å². The van der Waals surface area contributed by atoms with Gasteiger partial charge in [0.2, 0.25) is 0 Å². The van der Waals surface area contributed by atoms with Gasteiger partial charge in [-0.2, -0.15) is 5.10 Å². The van der Waals surface area contributed by atoms with Crippen LogP contribution in [0.25, 0.3) is 5.69 Å². The number of aromatic nitrogens is 3. The van der Waals surface area contributed by atoms with Crippen LogP contribution in [0.2, 0.25) is 5.02 Å². The highest BCUT2D eigenvalue weighted by atomic mass is 35.5. The smallest absolute Gasteiger partial charge is 0.151 e. The average molecular weight is 284 g/mol. The predicted octanol–water partition coefficient (Wildman–Crippen LogP) is 3.78. The zero-order valence-corrected chi connectivity index (χ0v) is 12.0. The Balaban J connectivity index is 2.59. The van der Waals surface area contributed by atoms with Crippen LogP contribution in [0.4, 0.5) is 0 Å². The van der Waals surface area contributed by atoms with Gasteiger partial charge in [-0.25, -0.2) is 9.67 Å². The fourth-order valence-corrected chi connectivity index (χ4v) is 2.20. The van der Waals surface area contributed by atoms with E-state index in [1.165, 1.54) is 0 Å². The van der Waals surface area contributed by atoms with Crippen LogP contribution in [0, 0.1) is 0 Å². The molecule has 5 heteroatoms. The maximum Gasteiger partial charge on any atom is 0.151 e. The van der Waals surface area contributed by atoms with Gasteiger partial charge in [0.05, 0.1) is 5.69 Å². The Kier molecular flexibility index (Phi) is 4.25. The van der Waals surface area contributed by atoms with Crippen molar-refractivity contribution < 1.29 is 0 Å². The summed E-state index contributed by atoms with van der Waals surface area (Å²) in [7, 11) is 0. The van der Waals surface area contributed by atoms with Crippen molar-refractivity contribution in [3.8, 4) is 5.69 Å². The molecule has 0 aliphatic rings. The summed E-state index contributed by atoms with van der Waals surface area (Å²) in [5, 5.41) is 5.18. The lowest BCUT2D eigenvalue weighted by atomic mass is 10.2. The Morgan fingerprint density at radius 3 is 2.61 bits per heavy atom. The molecule has 0 spiro atoms. The van der Waals surface area contributed by atoms with Crippen molar-refractivity contribution in [3.05, 3.63) is 40.4 Å². The lowest BCUT2D eigenvalue weighted by molar-refractivity contribution is 0.785. The number of nitrogens with zero attached hydrogens (tertiary/aromatic N) is 3. The van der Waals surface area contributed by atoms with Crippen molar-refractivity contribution in [2.24, 2.45) is 0 Å². The largest absolute Gasteiger partial charge is 0.217 e. The Bertz CT molecular complexity index is 549. The number of benzene rings is 1. The van der Waals surface area contributed by atoms with Crippen molar-refractivity contribution in [2.45, 2.75) is 32.6 Å². The number of alkyl halides is 1. The van der Waals surface area contributed by atoms with Gasteiger partial charge in [-0.3, -0.25) is 0 Å². The first-order valence-electron chi connectivity index (χ1n) is 5.99. The van der Waals surface area contributed by atoms with Crippen molar-refractivity contribution in [1.29, 1.82) is 0 Å². The number of rotatable bonds is 4. The van der Waals surface area contributed by atoms with Crippen LogP contribution in [0.3, 0.4) is 0 Å². The van der Waals surface area contributed by atoms with Gasteiger partial charge in [-0.05, 0) is 17.7 Å². The maximum atomic E-state index is 6.06. The number of aryl methyl sites for hydroxylation is 2. The predicted molar refractivity (Wildman–Crippen MR) is 74.7 cm³/mol. The molecular weight excluding hydrogens is 269 g/mol. The molecule has 0 unspecified atom stereocenters. The summed E-state index contributed by atoms with van der Waals surface area (Å²) in [6.45, 7) is 4.10. The molecule has 0 fully saturated rings. The summed E-state index contributed by atoms with van der Waals surface area (Å²) < 4.78 is 1.85. The normalized spacial score (nSPS) is 10.9. The molecule has 0 aliphatic carbocycles. The lowest BCUT2D eigenvalue weighted by Crippen LogP contribution is -2.05. The Labute approximate surface area is 117 Å². The van der Waals surface area contributed by atoms with E-state index in [1.54, 1.807) is 0 Å². The summed E-state index contributed by atoms with van der Waals surface area (Å²) in [6.07, 6.45) is 1.64. The first-order chi connectivity index (χ1) is 8.69. The van der Waals surface area contributed by atoms with Gasteiger partial charge in [-0.1, -0.05) is 31.5 Å². The maximum absolute atomic E-state index is 6.06. The molecule has 0 bridgehead atoms. The molecule has 1 aromatic heterocycles. The van der Waals surface area contributed by atoms with Crippen LogP contribution in [0.15, 0.2) is 18.2 Å². The van der Waals surface area contributed by atoms with Crippen LogP contribution in [0.1, 0.15) is 31.1 Å². The van der Waals surface area contributed by atoms with E-state index in [1.807, 2.05) is 29.8 Å². The van der Waals surface area contributed by atoms with E-state index in [0.717, 1.165) is 35.7 Å². The molecule has 0 saturated heterocycles. The fourth-order valence-electron chi connectivity index (χ4n) is 1.81. The molecule has 18 heavy (non-hydrogen) atoms. The van der Waals surface area contributed by atoms with Crippen LogP contribution in [-0.2, 0) is 18.7 Å². The molecule has 0 radical (unpaired) electrons. The average Bonchev–Trinajstić information content (AvgIpc) is 2.81. The summed E-state index contributed by atoms with van der Waals surface area (Å²) in [4.78, 5) is 4.49. The van der Waals surface area contributed by atoms with E-state index < -0.39 is 0 Å². The van der Waals surface area contributed by atoms with Gasteiger partial charge in [0.25, 0.3) is 0 Å². The first-order valence-corrected chi connectivity index (χ1v) is 6.90. The standard InChI is InChI=1S/C13H15Cl2N3/c1-3-12-16-13(4-2)18(17-12)11-7-10(15)6-5-9(11)8-14/h5-7H,3-4,8H2,1-2H3. The van der Waals surface area contributed by atoms with E-state index in [2.05, 4.69) is 17.0 Å². The van der Waals surface area contributed by atoms with E-state index >= 15 is 0 Å². The van der Waals surface area contributed by atoms with Crippen molar-refractivity contribution in [3.63, 3.8) is 0 Å². The molecule has 0 N–H and O–H groups in total. The second kappa shape index (κ2) is 5.72. The van der Waals surface area contributed by atoms with Crippen molar-refractivity contribution in [1.82, 2.24) is 14.8 Å². The van der Waals surface area contributed by atoms with Gasteiger partial charge >= 0.3 is 0 Å². The van der Waals surface area contributed by atoms with Crippen molar-refractivity contribution in [2.75, 3.05) is 0 Å². The van der Waals surface area contributed by atoms with Gasteiger partial charge in [0.1, 0.15) is 5.82 Å².